The summed E-state index contributed by atoms with van der Waals surface area (Å²) in [6.07, 6.45) is 3.56. The van der Waals surface area contributed by atoms with Gasteiger partial charge in [0.25, 0.3) is 5.91 Å². The van der Waals surface area contributed by atoms with E-state index in [1.54, 1.807) is 6.20 Å². The van der Waals surface area contributed by atoms with Crippen LogP contribution in [0.1, 0.15) is 28.5 Å². The molecule has 0 radical (unpaired) electrons. The zero-order valence-electron chi connectivity index (χ0n) is 17.1. The molecule has 0 unspecified atom stereocenters. The first-order valence-electron chi connectivity index (χ1n) is 10.2. The summed E-state index contributed by atoms with van der Waals surface area (Å²) in [4.78, 5) is 26.3. The largest absolute Gasteiger partial charge is 0.478 e. The van der Waals surface area contributed by atoms with Gasteiger partial charge in [-0.1, -0.05) is 12.1 Å². The summed E-state index contributed by atoms with van der Waals surface area (Å²) < 4.78 is 11.3. The highest BCUT2D eigenvalue weighted by Gasteiger charge is 2.36. The Morgan fingerprint density at radius 3 is 2.86 bits per heavy atom. The van der Waals surface area contributed by atoms with Gasteiger partial charge >= 0.3 is 0 Å². The van der Waals surface area contributed by atoms with Crippen LogP contribution in [0.25, 0.3) is 0 Å². The van der Waals surface area contributed by atoms with E-state index in [0.29, 0.717) is 37.9 Å². The molecule has 2 saturated heterocycles. The fourth-order valence-corrected chi connectivity index (χ4v) is 4.16. The fourth-order valence-electron chi connectivity index (χ4n) is 4.16. The van der Waals surface area contributed by atoms with Gasteiger partial charge in [-0.3, -0.25) is 14.7 Å². The van der Waals surface area contributed by atoms with Crippen LogP contribution in [-0.2, 0) is 11.3 Å². The van der Waals surface area contributed by atoms with Crippen LogP contribution in [0.3, 0.4) is 0 Å². The molecule has 154 valence electrons. The van der Waals surface area contributed by atoms with E-state index in [-0.39, 0.29) is 17.9 Å². The Bertz CT molecular complexity index is 842. The van der Waals surface area contributed by atoms with Crippen molar-refractivity contribution in [2.24, 2.45) is 5.92 Å². The minimum atomic E-state index is 0.00758. The number of carbonyl (C=O) groups excluding carboxylic acids is 1. The van der Waals surface area contributed by atoms with Gasteiger partial charge in [-0.25, -0.2) is 4.98 Å². The second-order valence-corrected chi connectivity index (χ2v) is 7.82. The van der Waals surface area contributed by atoms with Gasteiger partial charge in [-0.15, -0.1) is 0 Å². The van der Waals surface area contributed by atoms with Crippen LogP contribution in [-0.4, -0.2) is 71.2 Å². The molecule has 1 amide bonds. The Morgan fingerprint density at radius 2 is 2.10 bits per heavy atom. The Kier molecular flexibility index (Phi) is 6.06. The average molecular weight is 396 g/mol. The zero-order chi connectivity index (χ0) is 20.2. The van der Waals surface area contributed by atoms with Crippen LogP contribution >= 0.6 is 0 Å². The molecule has 4 rings (SSSR count). The van der Waals surface area contributed by atoms with Crippen molar-refractivity contribution < 1.29 is 14.3 Å². The molecule has 7 nitrogen and oxygen atoms in total. The highest BCUT2D eigenvalue weighted by Crippen LogP contribution is 2.23. The monoisotopic (exact) mass is 396 g/mol. The Morgan fingerprint density at radius 1 is 1.21 bits per heavy atom. The maximum absolute atomic E-state index is 13.2. The van der Waals surface area contributed by atoms with Gasteiger partial charge < -0.3 is 14.4 Å². The van der Waals surface area contributed by atoms with Gasteiger partial charge in [0.1, 0.15) is 5.69 Å². The van der Waals surface area contributed by atoms with Crippen LogP contribution in [0, 0.1) is 12.8 Å². The van der Waals surface area contributed by atoms with Crippen molar-refractivity contribution in [1.82, 2.24) is 19.8 Å². The number of hydrogen-bond acceptors (Lipinski definition) is 6. The number of aryl methyl sites for hydroxylation is 1. The van der Waals surface area contributed by atoms with Crippen LogP contribution in [0.5, 0.6) is 5.88 Å². The predicted molar refractivity (Wildman–Crippen MR) is 109 cm³/mol. The van der Waals surface area contributed by atoms with Crippen molar-refractivity contribution in [2.45, 2.75) is 26.4 Å². The summed E-state index contributed by atoms with van der Waals surface area (Å²) in [7, 11) is 0. The molecule has 2 aliphatic rings. The molecule has 2 fully saturated rings. The minimum absolute atomic E-state index is 0.00758. The molecule has 2 aliphatic heterocycles. The lowest BCUT2D eigenvalue weighted by Crippen LogP contribution is -2.46. The Labute approximate surface area is 171 Å². The number of ether oxygens (including phenoxy) is 2. The molecule has 0 saturated carbocycles. The molecular weight excluding hydrogens is 368 g/mol. The number of rotatable bonds is 5. The van der Waals surface area contributed by atoms with E-state index in [1.165, 1.54) is 0 Å². The second kappa shape index (κ2) is 8.88. The standard InChI is InChI=1S/C22H28N4O3/c1-3-29-20-7-6-17(9-24-20)10-25-11-18-12-26(19(13-25)15-28-14-18)22(27)21-16(2)5-4-8-23-21/h4-9,18-19H,3,10-15H2,1-2H3/t18-,19-/m0/s1. The summed E-state index contributed by atoms with van der Waals surface area (Å²) >= 11 is 0. The number of nitrogens with zero attached hydrogens (tertiary/aromatic N) is 4. The van der Waals surface area contributed by atoms with Crippen LogP contribution in [0.15, 0.2) is 36.7 Å². The third kappa shape index (κ3) is 4.57. The van der Waals surface area contributed by atoms with E-state index in [4.69, 9.17) is 9.47 Å². The minimum Gasteiger partial charge on any atom is -0.478 e. The molecule has 0 spiro atoms. The van der Waals surface area contributed by atoms with Gasteiger partial charge in [0.2, 0.25) is 5.88 Å². The van der Waals surface area contributed by atoms with Crippen molar-refractivity contribution in [1.29, 1.82) is 0 Å². The van der Waals surface area contributed by atoms with Gasteiger partial charge in [0.15, 0.2) is 0 Å². The van der Waals surface area contributed by atoms with E-state index in [1.807, 2.05) is 43.1 Å². The lowest BCUT2D eigenvalue weighted by molar-refractivity contribution is 0.0421. The van der Waals surface area contributed by atoms with E-state index in [9.17, 15) is 4.79 Å². The van der Waals surface area contributed by atoms with Crippen molar-refractivity contribution >= 4 is 5.91 Å². The normalized spacial score (nSPS) is 22.2. The van der Waals surface area contributed by atoms with Crippen LogP contribution < -0.4 is 4.74 Å². The molecule has 2 atom stereocenters. The van der Waals surface area contributed by atoms with Crippen molar-refractivity contribution in [3.05, 3.63) is 53.5 Å². The smallest absolute Gasteiger partial charge is 0.273 e. The Balaban J connectivity index is 1.49. The van der Waals surface area contributed by atoms with Crippen molar-refractivity contribution in [2.75, 3.05) is 39.5 Å². The summed E-state index contributed by atoms with van der Waals surface area (Å²) in [5.41, 5.74) is 2.60. The topological polar surface area (TPSA) is 67.8 Å². The van der Waals surface area contributed by atoms with Gasteiger partial charge in [-0.05, 0) is 31.0 Å². The number of fused-ring (bicyclic) bond motifs is 3. The van der Waals surface area contributed by atoms with Crippen molar-refractivity contribution in [3.63, 3.8) is 0 Å². The molecule has 2 aromatic rings. The average Bonchev–Trinajstić information content (AvgIpc) is 3.00. The first-order valence-corrected chi connectivity index (χ1v) is 10.2. The van der Waals surface area contributed by atoms with Gasteiger partial charge in [0.05, 0.1) is 25.9 Å². The quantitative estimate of drug-likeness (QED) is 0.772. The van der Waals surface area contributed by atoms with Crippen LogP contribution in [0.4, 0.5) is 0 Å². The molecule has 4 heterocycles. The lowest BCUT2D eigenvalue weighted by atomic mass is 10.1. The maximum atomic E-state index is 13.2. The number of aromatic nitrogens is 2. The summed E-state index contributed by atoms with van der Waals surface area (Å²) in [6, 6.07) is 7.80. The van der Waals surface area contributed by atoms with Crippen molar-refractivity contribution in [3.8, 4) is 5.88 Å². The molecule has 0 aliphatic carbocycles. The number of hydrogen-bond donors (Lipinski definition) is 0. The number of pyridine rings is 2. The van der Waals surface area contributed by atoms with E-state index in [0.717, 1.165) is 30.8 Å². The first kappa shape index (κ1) is 19.8. The third-order valence-corrected chi connectivity index (χ3v) is 5.51. The Hall–Kier alpha value is -2.51. The molecule has 29 heavy (non-hydrogen) atoms. The second-order valence-electron chi connectivity index (χ2n) is 7.82. The molecule has 7 heteroatoms. The van der Waals surface area contributed by atoms with E-state index in [2.05, 4.69) is 20.9 Å². The third-order valence-electron chi connectivity index (χ3n) is 5.51. The van der Waals surface area contributed by atoms with E-state index < -0.39 is 0 Å². The number of carbonyl (C=O) groups is 1. The van der Waals surface area contributed by atoms with Gasteiger partial charge in [0, 0.05) is 50.6 Å². The lowest BCUT2D eigenvalue weighted by Gasteiger charge is -2.31. The predicted octanol–water partition coefficient (Wildman–Crippen LogP) is 2.16. The maximum Gasteiger partial charge on any atom is 0.273 e. The SMILES string of the molecule is CCOc1ccc(CN2C[C@@H]3COC[C@H](C2)N(C(=O)c2ncccc2C)C3)cn1. The molecular formula is C22H28N4O3. The van der Waals surface area contributed by atoms with Gasteiger partial charge in [-0.2, -0.15) is 0 Å². The molecule has 0 N–H and O–H groups in total. The molecule has 2 aromatic heterocycles. The highest BCUT2D eigenvalue weighted by atomic mass is 16.5. The zero-order valence-corrected chi connectivity index (χ0v) is 17.1. The first-order chi connectivity index (χ1) is 14.1. The highest BCUT2D eigenvalue weighted by molar-refractivity contribution is 5.94. The van der Waals surface area contributed by atoms with E-state index >= 15 is 0 Å². The summed E-state index contributed by atoms with van der Waals surface area (Å²) in [5, 5.41) is 0. The summed E-state index contributed by atoms with van der Waals surface area (Å²) in [6.45, 7) is 8.93. The fraction of sp³-hybridized carbons (Fsp3) is 0.500. The van der Waals surface area contributed by atoms with Crippen LogP contribution in [0.2, 0.25) is 0 Å². The molecule has 2 bridgehead atoms. The number of amides is 1. The summed E-state index contributed by atoms with van der Waals surface area (Å²) in [5.74, 6) is 0.944. The molecule has 0 aromatic carbocycles.